The van der Waals surface area contributed by atoms with E-state index in [1.165, 1.54) is 28.9 Å². The molecule has 22 heavy (non-hydrogen) atoms. The molecule has 0 fully saturated rings. The van der Waals surface area contributed by atoms with Crippen molar-refractivity contribution in [2.45, 2.75) is 38.1 Å². The van der Waals surface area contributed by atoms with Gasteiger partial charge in [0.1, 0.15) is 11.5 Å². The molecule has 0 saturated carbocycles. The lowest BCUT2D eigenvalue weighted by atomic mass is 9.80. The normalized spacial score (nSPS) is 21.6. The van der Waals surface area contributed by atoms with Gasteiger partial charge in [0.25, 0.3) is 0 Å². The summed E-state index contributed by atoms with van der Waals surface area (Å²) in [5, 5.41) is 26.0. The molecule has 0 radical (unpaired) electrons. The first-order valence-electron chi connectivity index (χ1n) is 7.57. The highest BCUT2D eigenvalue weighted by Crippen LogP contribution is 2.38. The van der Waals surface area contributed by atoms with Crippen LogP contribution in [0.5, 0.6) is 11.5 Å². The summed E-state index contributed by atoms with van der Waals surface area (Å²) < 4.78 is 0. The first-order chi connectivity index (χ1) is 10.6. The average Bonchev–Trinajstić information content (AvgIpc) is 2.50. The summed E-state index contributed by atoms with van der Waals surface area (Å²) in [5.74, 6) is -0.188. The predicted octanol–water partition coefficient (Wildman–Crippen LogP) is 3.44. The van der Waals surface area contributed by atoms with Crippen molar-refractivity contribution in [3.8, 4) is 11.5 Å². The highest BCUT2D eigenvalue weighted by atomic mass is 16.3. The van der Waals surface area contributed by atoms with Gasteiger partial charge in [0.2, 0.25) is 0 Å². The minimum absolute atomic E-state index is 0.00198. The molecule has 0 spiro atoms. The summed E-state index contributed by atoms with van der Waals surface area (Å²) in [4.78, 5) is 10.6. The van der Waals surface area contributed by atoms with Crippen LogP contribution in [-0.2, 0) is 6.42 Å². The molecule has 2 aliphatic rings. The van der Waals surface area contributed by atoms with Crippen LogP contribution in [0.15, 0.2) is 40.6 Å². The third kappa shape index (κ3) is 2.76. The van der Waals surface area contributed by atoms with Crippen LogP contribution in [0.4, 0.5) is 5.69 Å². The van der Waals surface area contributed by atoms with Gasteiger partial charge in [-0.25, -0.2) is 0 Å². The Morgan fingerprint density at radius 2 is 2.05 bits per heavy atom. The standard InChI is InChI=1S/C17H20N2O3/c1-10-2-3-13-11(6-10)4-5-18-14(13)7-12-8-17(21)15(19-22)9-16(12)20/h8-9,14,18,20-21H,1-7H2. The maximum Gasteiger partial charge on any atom is 0.153 e. The first-order valence-corrected chi connectivity index (χ1v) is 7.57. The molecule has 1 atom stereocenters. The second-order valence-electron chi connectivity index (χ2n) is 6.08. The van der Waals surface area contributed by atoms with Gasteiger partial charge in [0.15, 0.2) is 5.69 Å². The first kappa shape index (κ1) is 14.8. The van der Waals surface area contributed by atoms with Crippen LogP contribution in [-0.4, -0.2) is 22.8 Å². The molecule has 0 amide bonds. The Balaban J connectivity index is 1.87. The third-order valence-corrected chi connectivity index (χ3v) is 4.60. The fourth-order valence-corrected chi connectivity index (χ4v) is 3.44. The van der Waals surface area contributed by atoms with E-state index in [1.807, 2.05) is 0 Å². The van der Waals surface area contributed by atoms with Gasteiger partial charge >= 0.3 is 0 Å². The Labute approximate surface area is 129 Å². The van der Waals surface area contributed by atoms with Gasteiger partial charge < -0.3 is 15.5 Å². The second kappa shape index (κ2) is 5.93. The smallest absolute Gasteiger partial charge is 0.153 e. The van der Waals surface area contributed by atoms with Crippen LogP contribution in [0.25, 0.3) is 0 Å². The number of nitrogens with one attached hydrogen (secondary N) is 1. The lowest BCUT2D eigenvalue weighted by Crippen LogP contribution is -2.39. The Morgan fingerprint density at radius 1 is 1.23 bits per heavy atom. The number of rotatable bonds is 3. The average molecular weight is 300 g/mol. The highest BCUT2D eigenvalue weighted by Gasteiger charge is 2.26. The molecular weight excluding hydrogens is 280 g/mol. The molecule has 1 heterocycles. The topological polar surface area (TPSA) is 81.9 Å². The molecule has 5 heteroatoms. The minimum Gasteiger partial charge on any atom is -0.508 e. The number of aromatic hydroxyl groups is 2. The molecular formula is C17H20N2O3. The van der Waals surface area contributed by atoms with Crippen molar-refractivity contribution < 1.29 is 10.2 Å². The molecule has 0 bridgehead atoms. The van der Waals surface area contributed by atoms with E-state index in [0.29, 0.717) is 12.0 Å². The van der Waals surface area contributed by atoms with Gasteiger partial charge in [-0.1, -0.05) is 23.3 Å². The maximum atomic E-state index is 10.6. The number of phenols is 2. The van der Waals surface area contributed by atoms with E-state index in [0.717, 1.165) is 32.2 Å². The van der Waals surface area contributed by atoms with Crippen molar-refractivity contribution in [1.29, 1.82) is 0 Å². The molecule has 1 aromatic rings. The number of allylic oxidation sites excluding steroid dienone is 1. The number of hydrogen-bond acceptors (Lipinski definition) is 5. The number of benzene rings is 1. The molecule has 5 nitrogen and oxygen atoms in total. The molecule has 3 N–H and O–H groups in total. The zero-order valence-electron chi connectivity index (χ0n) is 12.4. The van der Waals surface area contributed by atoms with Gasteiger partial charge in [-0.2, -0.15) is 0 Å². The fraction of sp³-hybridized carbons (Fsp3) is 0.412. The minimum atomic E-state index is -0.190. The van der Waals surface area contributed by atoms with Crippen LogP contribution in [0.3, 0.4) is 0 Å². The zero-order chi connectivity index (χ0) is 15.7. The van der Waals surface area contributed by atoms with Gasteiger partial charge in [-0.05, 0) is 55.5 Å². The van der Waals surface area contributed by atoms with E-state index in [2.05, 4.69) is 17.1 Å². The summed E-state index contributed by atoms with van der Waals surface area (Å²) in [6.45, 7) is 5.01. The number of hydrogen-bond donors (Lipinski definition) is 3. The molecule has 1 unspecified atom stereocenters. The highest BCUT2D eigenvalue weighted by molar-refractivity contribution is 5.58. The summed E-state index contributed by atoms with van der Waals surface area (Å²) >= 11 is 0. The van der Waals surface area contributed by atoms with E-state index in [4.69, 9.17) is 0 Å². The number of nitrogens with zero attached hydrogens (tertiary/aromatic N) is 1. The van der Waals surface area contributed by atoms with Crippen molar-refractivity contribution in [2.24, 2.45) is 5.18 Å². The Morgan fingerprint density at radius 3 is 2.82 bits per heavy atom. The molecule has 0 saturated heterocycles. The quantitative estimate of drug-likeness (QED) is 0.454. The summed E-state index contributed by atoms with van der Waals surface area (Å²) in [5.41, 5.74) is 4.67. The van der Waals surface area contributed by atoms with E-state index in [9.17, 15) is 15.1 Å². The SMILES string of the molecule is C=C1CCC2=C(CCNC2Cc2cc(O)c(N=O)cc2O)C1. The lowest BCUT2D eigenvalue weighted by molar-refractivity contribution is 0.444. The van der Waals surface area contributed by atoms with Crippen LogP contribution < -0.4 is 5.32 Å². The molecule has 0 aromatic heterocycles. The Kier molecular flexibility index (Phi) is 3.98. The molecule has 3 rings (SSSR count). The van der Waals surface area contributed by atoms with E-state index < -0.39 is 0 Å². The van der Waals surface area contributed by atoms with Crippen LogP contribution in [0, 0.1) is 4.91 Å². The van der Waals surface area contributed by atoms with Crippen molar-refractivity contribution in [2.75, 3.05) is 6.54 Å². The maximum absolute atomic E-state index is 10.6. The monoisotopic (exact) mass is 300 g/mol. The number of nitroso groups, excluding NO2 is 1. The fourth-order valence-electron chi connectivity index (χ4n) is 3.44. The molecule has 116 valence electrons. The van der Waals surface area contributed by atoms with E-state index in [-0.39, 0.29) is 23.2 Å². The second-order valence-corrected chi connectivity index (χ2v) is 6.08. The zero-order valence-corrected chi connectivity index (χ0v) is 12.4. The van der Waals surface area contributed by atoms with Crippen LogP contribution in [0.1, 0.15) is 31.2 Å². The van der Waals surface area contributed by atoms with Crippen molar-refractivity contribution in [3.05, 3.63) is 45.9 Å². The summed E-state index contributed by atoms with van der Waals surface area (Å²) in [7, 11) is 0. The Hall–Kier alpha value is -2.14. The van der Waals surface area contributed by atoms with E-state index in [1.54, 1.807) is 0 Å². The summed E-state index contributed by atoms with van der Waals surface area (Å²) in [6, 6.07) is 2.82. The predicted molar refractivity (Wildman–Crippen MR) is 85.4 cm³/mol. The van der Waals surface area contributed by atoms with Crippen molar-refractivity contribution in [1.82, 2.24) is 5.32 Å². The van der Waals surface area contributed by atoms with Crippen LogP contribution >= 0.6 is 0 Å². The van der Waals surface area contributed by atoms with Gasteiger partial charge in [0.05, 0.1) is 0 Å². The third-order valence-electron chi connectivity index (χ3n) is 4.60. The van der Waals surface area contributed by atoms with Gasteiger partial charge in [-0.15, -0.1) is 4.91 Å². The van der Waals surface area contributed by atoms with Gasteiger partial charge in [0, 0.05) is 12.1 Å². The van der Waals surface area contributed by atoms with Gasteiger partial charge in [-0.3, -0.25) is 0 Å². The van der Waals surface area contributed by atoms with Crippen LogP contribution in [0.2, 0.25) is 0 Å². The Bertz CT molecular complexity index is 664. The number of phenolic OH excluding ortho intramolecular Hbond substituents is 2. The molecule has 1 aliphatic carbocycles. The lowest BCUT2D eigenvalue weighted by Gasteiger charge is -2.34. The summed E-state index contributed by atoms with van der Waals surface area (Å²) in [6.07, 6.45) is 4.65. The van der Waals surface area contributed by atoms with Crippen molar-refractivity contribution in [3.63, 3.8) is 0 Å². The molecule has 1 aliphatic heterocycles. The van der Waals surface area contributed by atoms with Crippen molar-refractivity contribution >= 4 is 5.69 Å². The largest absolute Gasteiger partial charge is 0.508 e. The molecule has 1 aromatic carbocycles. The van der Waals surface area contributed by atoms with E-state index >= 15 is 0 Å².